The second kappa shape index (κ2) is 5.69. The van der Waals surface area contributed by atoms with Crippen LogP contribution in [0, 0.1) is 0 Å². The summed E-state index contributed by atoms with van der Waals surface area (Å²) < 4.78 is 0. The van der Waals surface area contributed by atoms with E-state index in [1.54, 1.807) is 0 Å². The van der Waals surface area contributed by atoms with Crippen molar-refractivity contribution in [3.05, 3.63) is 102 Å². The Bertz CT molecular complexity index is 759. The highest BCUT2D eigenvalue weighted by molar-refractivity contribution is 5.50. The Morgan fingerprint density at radius 2 is 1.13 bits per heavy atom. The van der Waals surface area contributed by atoms with E-state index in [1.807, 2.05) is 35.3 Å². The molecular formula is C20H17N3. The maximum atomic E-state index is 4.72. The molecule has 0 N–H and O–H groups in total. The second-order valence-corrected chi connectivity index (χ2v) is 5.67. The maximum absolute atomic E-state index is 4.72. The number of hydrogen-bond donors (Lipinski definition) is 0. The number of hydrogen-bond acceptors (Lipinski definition) is 3. The summed E-state index contributed by atoms with van der Waals surface area (Å²) in [7, 11) is 0. The molecule has 3 aromatic rings. The first-order valence-electron chi connectivity index (χ1n) is 7.75. The van der Waals surface area contributed by atoms with Crippen LogP contribution in [0.5, 0.6) is 0 Å². The van der Waals surface area contributed by atoms with Gasteiger partial charge < -0.3 is 0 Å². The molecule has 0 saturated carbocycles. The fourth-order valence-electron chi connectivity index (χ4n) is 3.05. The van der Waals surface area contributed by atoms with Crippen LogP contribution in [0.1, 0.15) is 11.1 Å². The molecule has 1 heterocycles. The molecule has 3 aromatic carbocycles. The molecule has 0 spiro atoms. The minimum Gasteiger partial charge on any atom is -0.244 e. The maximum Gasteiger partial charge on any atom is 0.153 e. The Labute approximate surface area is 135 Å². The van der Waals surface area contributed by atoms with Crippen LogP contribution in [0.15, 0.2) is 101 Å². The highest BCUT2D eigenvalue weighted by atomic mass is 15.6. The van der Waals surface area contributed by atoms with E-state index < -0.39 is 5.54 Å². The van der Waals surface area contributed by atoms with Crippen LogP contribution >= 0.6 is 0 Å². The van der Waals surface area contributed by atoms with E-state index in [1.165, 1.54) is 0 Å². The Balaban J connectivity index is 1.79. The molecule has 112 valence electrons. The van der Waals surface area contributed by atoms with Gasteiger partial charge in [-0.3, -0.25) is 0 Å². The lowest BCUT2D eigenvalue weighted by molar-refractivity contribution is 0.584. The Morgan fingerprint density at radius 3 is 1.65 bits per heavy atom. The minimum absolute atomic E-state index is 0.460. The van der Waals surface area contributed by atoms with Crippen molar-refractivity contribution in [1.82, 2.24) is 0 Å². The van der Waals surface area contributed by atoms with Gasteiger partial charge in [0.15, 0.2) is 5.54 Å². The van der Waals surface area contributed by atoms with Crippen LogP contribution in [0.25, 0.3) is 0 Å². The molecule has 0 atom stereocenters. The Morgan fingerprint density at radius 1 is 0.652 bits per heavy atom. The van der Waals surface area contributed by atoms with E-state index in [0.29, 0.717) is 6.54 Å². The molecule has 0 aromatic heterocycles. The lowest BCUT2D eigenvalue weighted by atomic mass is 9.83. The summed E-state index contributed by atoms with van der Waals surface area (Å²) in [5, 5.41) is 11.2. The number of benzene rings is 3. The van der Waals surface area contributed by atoms with E-state index in [9.17, 15) is 0 Å². The van der Waals surface area contributed by atoms with E-state index in [2.05, 4.69) is 65.9 Å². The van der Waals surface area contributed by atoms with Gasteiger partial charge in [0.1, 0.15) is 0 Å². The molecule has 23 heavy (non-hydrogen) atoms. The van der Waals surface area contributed by atoms with Crippen LogP contribution in [0.2, 0.25) is 0 Å². The summed E-state index contributed by atoms with van der Waals surface area (Å²) in [4.78, 5) is 0. The molecule has 1 aliphatic heterocycles. The number of para-hydroxylation sites is 1. The summed E-state index contributed by atoms with van der Waals surface area (Å²) in [6.07, 6.45) is 0. The standard InChI is InChI=1S/C20H17N3/c1-4-10-17(11-5-1)20(18-12-6-2-7-13-18)16-23(22-21-20)19-14-8-3-9-15-19/h1-15H,16H2. The van der Waals surface area contributed by atoms with Gasteiger partial charge in [0.25, 0.3) is 0 Å². The predicted molar refractivity (Wildman–Crippen MR) is 92.3 cm³/mol. The number of nitrogens with zero attached hydrogens (tertiary/aromatic N) is 3. The molecule has 3 nitrogen and oxygen atoms in total. The fraction of sp³-hybridized carbons (Fsp3) is 0.100. The zero-order valence-electron chi connectivity index (χ0n) is 12.7. The Hall–Kier alpha value is -2.94. The van der Waals surface area contributed by atoms with E-state index in [0.717, 1.165) is 16.8 Å². The summed E-state index contributed by atoms with van der Waals surface area (Å²) in [6, 6.07) is 31.0. The molecular weight excluding hydrogens is 282 g/mol. The smallest absolute Gasteiger partial charge is 0.153 e. The summed E-state index contributed by atoms with van der Waals surface area (Å²) in [5.74, 6) is 0. The first kappa shape index (κ1) is 13.7. The van der Waals surface area contributed by atoms with Crippen molar-refractivity contribution >= 4 is 5.69 Å². The average molecular weight is 299 g/mol. The van der Waals surface area contributed by atoms with E-state index >= 15 is 0 Å². The van der Waals surface area contributed by atoms with Crippen LogP contribution < -0.4 is 5.01 Å². The molecule has 4 rings (SSSR count). The van der Waals surface area contributed by atoms with Gasteiger partial charge in [-0.1, -0.05) is 84.1 Å². The van der Waals surface area contributed by atoms with Crippen LogP contribution in [-0.2, 0) is 5.54 Å². The van der Waals surface area contributed by atoms with Crippen molar-refractivity contribution in [2.24, 2.45) is 10.3 Å². The van der Waals surface area contributed by atoms with Gasteiger partial charge in [0.2, 0.25) is 0 Å². The fourth-order valence-corrected chi connectivity index (χ4v) is 3.05. The van der Waals surface area contributed by atoms with Crippen molar-refractivity contribution in [2.45, 2.75) is 5.54 Å². The van der Waals surface area contributed by atoms with Gasteiger partial charge in [-0.2, -0.15) is 5.11 Å². The third-order valence-corrected chi connectivity index (χ3v) is 4.26. The molecule has 0 radical (unpaired) electrons. The average Bonchev–Trinajstić information content (AvgIpc) is 3.11. The van der Waals surface area contributed by atoms with Crippen molar-refractivity contribution in [1.29, 1.82) is 0 Å². The van der Waals surface area contributed by atoms with Gasteiger partial charge in [-0.25, -0.2) is 5.01 Å². The lowest BCUT2D eigenvalue weighted by Crippen LogP contribution is -2.32. The zero-order chi connectivity index (χ0) is 15.5. The van der Waals surface area contributed by atoms with Gasteiger partial charge in [0, 0.05) is 0 Å². The van der Waals surface area contributed by atoms with Crippen molar-refractivity contribution in [3.8, 4) is 0 Å². The molecule has 1 aliphatic rings. The molecule has 0 aliphatic carbocycles. The van der Waals surface area contributed by atoms with Gasteiger partial charge in [0.05, 0.1) is 12.2 Å². The third-order valence-electron chi connectivity index (χ3n) is 4.26. The van der Waals surface area contributed by atoms with Crippen LogP contribution in [-0.4, -0.2) is 6.54 Å². The van der Waals surface area contributed by atoms with Gasteiger partial charge in [-0.05, 0) is 23.3 Å². The first-order chi connectivity index (χ1) is 11.4. The highest BCUT2D eigenvalue weighted by Crippen LogP contribution is 2.40. The quantitative estimate of drug-likeness (QED) is 0.681. The molecule has 0 amide bonds. The number of anilines is 1. The molecule has 0 fully saturated rings. The Kier molecular flexibility index (Phi) is 3.39. The largest absolute Gasteiger partial charge is 0.244 e. The predicted octanol–water partition coefficient (Wildman–Crippen LogP) is 4.82. The van der Waals surface area contributed by atoms with Crippen molar-refractivity contribution in [2.75, 3.05) is 11.6 Å². The molecule has 0 bridgehead atoms. The summed E-state index contributed by atoms with van der Waals surface area (Å²) in [5.41, 5.74) is 2.92. The topological polar surface area (TPSA) is 28.0 Å². The van der Waals surface area contributed by atoms with Crippen LogP contribution in [0.4, 0.5) is 5.69 Å². The van der Waals surface area contributed by atoms with Crippen molar-refractivity contribution < 1.29 is 0 Å². The third kappa shape index (κ3) is 2.40. The van der Waals surface area contributed by atoms with E-state index in [-0.39, 0.29) is 0 Å². The minimum atomic E-state index is -0.460. The molecule has 0 unspecified atom stereocenters. The SMILES string of the molecule is c1ccc(N2CC(c3ccccc3)(c3ccccc3)N=N2)cc1. The van der Waals surface area contributed by atoms with Gasteiger partial charge in [-0.15, -0.1) is 0 Å². The zero-order valence-corrected chi connectivity index (χ0v) is 12.7. The first-order valence-corrected chi connectivity index (χ1v) is 7.75. The highest BCUT2D eigenvalue weighted by Gasteiger charge is 2.41. The molecule has 3 heteroatoms. The monoisotopic (exact) mass is 299 g/mol. The van der Waals surface area contributed by atoms with Crippen molar-refractivity contribution in [3.63, 3.8) is 0 Å². The normalized spacial score (nSPS) is 15.7. The second-order valence-electron chi connectivity index (χ2n) is 5.67. The lowest BCUT2D eigenvalue weighted by Gasteiger charge is -2.27. The number of rotatable bonds is 3. The van der Waals surface area contributed by atoms with Crippen LogP contribution in [0.3, 0.4) is 0 Å². The van der Waals surface area contributed by atoms with Gasteiger partial charge >= 0.3 is 0 Å². The molecule has 0 saturated heterocycles. The summed E-state index contributed by atoms with van der Waals surface area (Å²) in [6.45, 7) is 0.699. The summed E-state index contributed by atoms with van der Waals surface area (Å²) >= 11 is 0. The van der Waals surface area contributed by atoms with E-state index in [4.69, 9.17) is 5.11 Å².